The Morgan fingerprint density at radius 1 is 0.304 bits per heavy atom. The minimum atomic E-state index is -3.70. The van der Waals surface area contributed by atoms with E-state index in [2.05, 4.69) is 219 Å². The van der Waals surface area contributed by atoms with Crippen LogP contribution in [-0.2, 0) is 8.23 Å². The van der Waals surface area contributed by atoms with E-state index in [9.17, 15) is 0 Å². The third-order valence-corrected chi connectivity index (χ3v) is 25.1. The average molecular weight is 782 g/mol. The standard InChI is InChI=1S/C51H53O2Si3/c1-2-3-4-5-6-7-29-44-54(45-30-15-8-16-31-45,46-32-17-9-18-33-46)52-56(50-40-25-13-26-41-50,51-42-27-14-28-43-51)53-55(47-34-19-10-20-35-47,48-36-21-11-22-37-48)49-38-23-12-24-39-49/h8-28,30-43H,1-7,29,44H2. The molecule has 0 aliphatic rings. The van der Waals surface area contributed by atoms with E-state index in [1.807, 2.05) is 0 Å². The Morgan fingerprint density at radius 2 is 0.589 bits per heavy atom. The van der Waals surface area contributed by atoms with Crippen molar-refractivity contribution in [3.05, 3.63) is 219 Å². The summed E-state index contributed by atoms with van der Waals surface area (Å²) in [7, 11) is -10.1. The van der Waals surface area contributed by atoms with E-state index in [1.54, 1.807) is 0 Å². The molecule has 2 nitrogen and oxygen atoms in total. The zero-order valence-corrected chi connectivity index (χ0v) is 35.4. The normalized spacial score (nSPS) is 12.0. The van der Waals surface area contributed by atoms with Gasteiger partial charge in [0.15, 0.2) is 0 Å². The average Bonchev–Trinajstić information content (AvgIpc) is 3.29. The van der Waals surface area contributed by atoms with Crippen LogP contribution in [0.3, 0.4) is 0 Å². The van der Waals surface area contributed by atoms with Crippen molar-refractivity contribution in [3.8, 4) is 0 Å². The molecule has 0 atom stereocenters. The highest BCUT2D eigenvalue weighted by molar-refractivity contribution is 7.15. The summed E-state index contributed by atoms with van der Waals surface area (Å²) >= 11 is 0. The van der Waals surface area contributed by atoms with Gasteiger partial charge in [-0.05, 0) is 42.4 Å². The zero-order valence-electron chi connectivity index (χ0n) is 32.4. The first-order valence-corrected chi connectivity index (χ1v) is 26.1. The first-order chi connectivity index (χ1) is 27.7. The molecule has 7 aromatic rings. The molecule has 0 aliphatic carbocycles. The van der Waals surface area contributed by atoms with Crippen LogP contribution >= 0.6 is 0 Å². The Balaban J connectivity index is 1.53. The van der Waals surface area contributed by atoms with Gasteiger partial charge in [0, 0.05) is 0 Å². The molecule has 0 saturated carbocycles. The van der Waals surface area contributed by atoms with E-state index in [4.69, 9.17) is 8.23 Å². The number of hydrogen-bond donors (Lipinski definition) is 0. The second-order valence-electron chi connectivity index (χ2n) is 14.6. The summed E-state index contributed by atoms with van der Waals surface area (Å²) < 4.78 is 17.2. The van der Waals surface area contributed by atoms with Gasteiger partial charge in [0.25, 0.3) is 8.32 Å². The van der Waals surface area contributed by atoms with Crippen molar-refractivity contribution in [2.24, 2.45) is 0 Å². The molecule has 0 N–H and O–H groups in total. The molecular weight excluding hydrogens is 729 g/mol. The Hall–Kier alpha value is -4.89. The van der Waals surface area contributed by atoms with Crippen molar-refractivity contribution >= 4 is 61.5 Å². The van der Waals surface area contributed by atoms with Gasteiger partial charge in [0.05, 0.1) is 0 Å². The highest BCUT2D eigenvalue weighted by atomic mass is 28.5. The fourth-order valence-corrected chi connectivity index (χ4v) is 24.8. The van der Waals surface area contributed by atoms with Gasteiger partial charge in [0.1, 0.15) is 0 Å². The molecule has 0 heterocycles. The van der Waals surface area contributed by atoms with Crippen LogP contribution in [0.25, 0.3) is 0 Å². The molecule has 0 amide bonds. The second kappa shape index (κ2) is 19.3. The Bertz CT molecular complexity index is 1980. The van der Waals surface area contributed by atoms with E-state index >= 15 is 0 Å². The highest BCUT2D eigenvalue weighted by Gasteiger charge is 2.58. The fraction of sp³-hybridized carbons (Fsp3) is 0.157. The first-order valence-electron chi connectivity index (χ1n) is 20.3. The maximum Gasteiger partial charge on any atom is 0.387 e. The van der Waals surface area contributed by atoms with Crippen molar-refractivity contribution in [1.82, 2.24) is 0 Å². The molecule has 0 aromatic heterocycles. The van der Waals surface area contributed by atoms with E-state index < -0.39 is 25.2 Å². The van der Waals surface area contributed by atoms with Gasteiger partial charge in [-0.2, -0.15) is 0 Å². The van der Waals surface area contributed by atoms with Crippen molar-refractivity contribution in [3.63, 3.8) is 0 Å². The smallest absolute Gasteiger partial charge is 0.387 e. The van der Waals surface area contributed by atoms with Crippen LogP contribution in [0.5, 0.6) is 0 Å². The summed E-state index contributed by atoms with van der Waals surface area (Å²) in [4.78, 5) is 0. The Kier molecular flexibility index (Phi) is 13.6. The summed E-state index contributed by atoms with van der Waals surface area (Å²) in [5.74, 6) is 0. The third kappa shape index (κ3) is 8.58. The van der Waals surface area contributed by atoms with Gasteiger partial charge in [-0.25, -0.2) is 0 Å². The first kappa shape index (κ1) is 39.3. The molecule has 1 radical (unpaired) electrons. The van der Waals surface area contributed by atoms with E-state index in [-0.39, 0.29) is 0 Å². The predicted octanol–water partition coefficient (Wildman–Crippen LogP) is 8.27. The largest absolute Gasteiger partial charge is 0.422 e. The maximum absolute atomic E-state index is 8.62. The van der Waals surface area contributed by atoms with Gasteiger partial charge in [0.2, 0.25) is 8.32 Å². The van der Waals surface area contributed by atoms with Crippen LogP contribution in [0.4, 0.5) is 0 Å². The maximum atomic E-state index is 8.62. The van der Waals surface area contributed by atoms with E-state index in [0.717, 1.165) is 35.7 Å². The minimum absolute atomic E-state index is 0.949. The molecule has 5 heteroatoms. The highest BCUT2D eigenvalue weighted by Crippen LogP contribution is 2.27. The Labute approximate surface area is 338 Å². The van der Waals surface area contributed by atoms with Crippen LogP contribution in [0.15, 0.2) is 212 Å². The number of unbranched alkanes of at least 4 members (excludes halogenated alkanes) is 6. The molecule has 0 aliphatic heterocycles. The fourth-order valence-electron chi connectivity index (χ4n) is 8.19. The number of rotatable bonds is 19. The number of benzene rings is 7. The minimum Gasteiger partial charge on any atom is -0.422 e. The van der Waals surface area contributed by atoms with Crippen molar-refractivity contribution in [2.45, 2.75) is 51.0 Å². The lowest BCUT2D eigenvalue weighted by molar-refractivity contribution is 0.422. The summed E-state index contributed by atoms with van der Waals surface area (Å²) in [5.41, 5.74) is 0. The predicted molar refractivity (Wildman–Crippen MR) is 244 cm³/mol. The monoisotopic (exact) mass is 781 g/mol. The summed E-state index contributed by atoms with van der Waals surface area (Å²) in [6, 6.07) is 78.0. The van der Waals surface area contributed by atoms with Gasteiger partial charge in [-0.15, -0.1) is 0 Å². The molecule has 0 spiro atoms. The molecule has 56 heavy (non-hydrogen) atoms. The van der Waals surface area contributed by atoms with Crippen LogP contribution in [-0.4, -0.2) is 25.2 Å². The van der Waals surface area contributed by atoms with Gasteiger partial charge < -0.3 is 8.23 Å². The molecule has 7 aromatic carbocycles. The number of hydrogen-bond acceptors (Lipinski definition) is 2. The van der Waals surface area contributed by atoms with Crippen molar-refractivity contribution in [1.29, 1.82) is 0 Å². The lowest BCUT2D eigenvalue weighted by atomic mass is 10.1. The van der Waals surface area contributed by atoms with Crippen LogP contribution in [0, 0.1) is 6.92 Å². The third-order valence-electron chi connectivity index (χ3n) is 11.0. The lowest BCUT2D eigenvalue weighted by Crippen LogP contribution is -2.81. The van der Waals surface area contributed by atoms with E-state index in [0.29, 0.717) is 0 Å². The summed E-state index contributed by atoms with van der Waals surface area (Å²) in [5, 5.41) is 8.37. The van der Waals surface area contributed by atoms with Gasteiger partial charge >= 0.3 is 8.56 Å². The molecule has 0 bridgehead atoms. The van der Waals surface area contributed by atoms with E-state index in [1.165, 1.54) is 51.6 Å². The molecule has 0 unspecified atom stereocenters. The molecule has 281 valence electrons. The molecule has 7 rings (SSSR count). The topological polar surface area (TPSA) is 18.5 Å². The Morgan fingerprint density at radius 3 is 0.929 bits per heavy atom. The van der Waals surface area contributed by atoms with Crippen LogP contribution < -0.4 is 36.3 Å². The zero-order chi connectivity index (χ0) is 38.4. The van der Waals surface area contributed by atoms with Crippen LogP contribution in [0.2, 0.25) is 6.04 Å². The second-order valence-corrected chi connectivity index (χ2v) is 25.0. The molecular formula is C51H53O2Si3. The molecule has 0 fully saturated rings. The van der Waals surface area contributed by atoms with Gasteiger partial charge in [-0.1, -0.05) is 264 Å². The van der Waals surface area contributed by atoms with Crippen molar-refractivity contribution < 1.29 is 8.23 Å². The SMILES string of the molecule is [CH2]CCCCCCCC[Si](O[Si](O[Si](c1ccccc1)(c1ccccc1)c1ccccc1)(c1ccccc1)c1ccccc1)(c1ccccc1)c1ccccc1. The summed E-state index contributed by atoms with van der Waals surface area (Å²) in [6.45, 7) is 4.07. The summed E-state index contributed by atoms with van der Waals surface area (Å²) in [6.07, 6.45) is 8.16. The van der Waals surface area contributed by atoms with Gasteiger partial charge in [-0.3, -0.25) is 0 Å². The van der Waals surface area contributed by atoms with Crippen molar-refractivity contribution in [2.75, 3.05) is 0 Å². The quantitative estimate of drug-likeness (QED) is 0.0468. The lowest BCUT2D eigenvalue weighted by Gasteiger charge is -2.47. The molecule has 0 saturated heterocycles. The van der Waals surface area contributed by atoms with Crippen LogP contribution in [0.1, 0.15) is 44.9 Å².